The monoisotopic (exact) mass is 404 g/mol. The predicted molar refractivity (Wildman–Crippen MR) is 115 cm³/mol. The first-order chi connectivity index (χ1) is 13.2. The standard InChI is InChI=1S/C22H29ClN2O3/c1-6-27-19-11-16(13-24-22(3,4)5)18(23)12-20(19)28-14-21(26)25-17-9-7-15(2)8-10-17/h7-12,24H,6,13-14H2,1-5H3,(H,25,26). The normalized spacial score (nSPS) is 11.2. The lowest BCUT2D eigenvalue weighted by Gasteiger charge is -2.22. The minimum Gasteiger partial charge on any atom is -0.490 e. The van der Waals surface area contributed by atoms with Gasteiger partial charge in [0.1, 0.15) is 0 Å². The second-order valence-electron chi connectivity index (χ2n) is 7.63. The van der Waals surface area contributed by atoms with Gasteiger partial charge >= 0.3 is 0 Å². The number of carbonyl (C=O) groups excluding carboxylic acids is 1. The molecule has 2 N–H and O–H groups in total. The van der Waals surface area contributed by atoms with E-state index in [-0.39, 0.29) is 18.1 Å². The van der Waals surface area contributed by atoms with Crippen LogP contribution in [0.2, 0.25) is 5.02 Å². The number of carbonyl (C=O) groups is 1. The summed E-state index contributed by atoms with van der Waals surface area (Å²) in [6, 6.07) is 11.1. The van der Waals surface area contributed by atoms with E-state index in [4.69, 9.17) is 21.1 Å². The van der Waals surface area contributed by atoms with Crippen LogP contribution in [0.4, 0.5) is 5.69 Å². The number of hydrogen-bond donors (Lipinski definition) is 2. The molecule has 0 bridgehead atoms. The van der Waals surface area contributed by atoms with Gasteiger partial charge in [0.25, 0.3) is 5.91 Å². The molecule has 0 atom stereocenters. The van der Waals surface area contributed by atoms with Crippen LogP contribution in [0.25, 0.3) is 0 Å². The molecule has 6 heteroatoms. The number of amides is 1. The molecule has 0 fully saturated rings. The average Bonchev–Trinajstić information content (AvgIpc) is 2.62. The third-order valence-corrected chi connectivity index (χ3v) is 4.27. The van der Waals surface area contributed by atoms with Crippen molar-refractivity contribution < 1.29 is 14.3 Å². The molecule has 2 aromatic rings. The average molecular weight is 405 g/mol. The molecule has 5 nitrogen and oxygen atoms in total. The summed E-state index contributed by atoms with van der Waals surface area (Å²) >= 11 is 6.41. The Morgan fingerprint density at radius 1 is 1.07 bits per heavy atom. The van der Waals surface area contributed by atoms with Crippen molar-refractivity contribution in [1.29, 1.82) is 0 Å². The first-order valence-electron chi connectivity index (χ1n) is 9.37. The molecular weight excluding hydrogens is 376 g/mol. The molecule has 2 rings (SSSR count). The van der Waals surface area contributed by atoms with Crippen LogP contribution in [0.3, 0.4) is 0 Å². The fraction of sp³-hybridized carbons (Fsp3) is 0.409. The van der Waals surface area contributed by atoms with Crippen LogP contribution in [-0.4, -0.2) is 24.7 Å². The maximum absolute atomic E-state index is 12.2. The van der Waals surface area contributed by atoms with Crippen molar-refractivity contribution in [3.8, 4) is 11.5 Å². The molecule has 1 amide bonds. The molecule has 0 radical (unpaired) electrons. The highest BCUT2D eigenvalue weighted by Gasteiger charge is 2.15. The van der Waals surface area contributed by atoms with E-state index in [1.54, 1.807) is 6.07 Å². The molecular formula is C22H29ClN2O3. The molecule has 2 aromatic carbocycles. The lowest BCUT2D eigenvalue weighted by atomic mass is 10.1. The summed E-state index contributed by atoms with van der Waals surface area (Å²) in [5, 5.41) is 6.77. The van der Waals surface area contributed by atoms with Crippen LogP contribution >= 0.6 is 11.6 Å². The summed E-state index contributed by atoms with van der Waals surface area (Å²) in [5.74, 6) is 0.770. The number of ether oxygens (including phenoxy) is 2. The van der Waals surface area contributed by atoms with Crippen molar-refractivity contribution in [3.63, 3.8) is 0 Å². The van der Waals surface area contributed by atoms with Gasteiger partial charge in [-0.05, 0) is 58.4 Å². The van der Waals surface area contributed by atoms with E-state index in [2.05, 4.69) is 31.4 Å². The number of rotatable bonds is 8. The zero-order valence-corrected chi connectivity index (χ0v) is 17.9. The molecule has 0 aliphatic heterocycles. The van der Waals surface area contributed by atoms with Gasteiger partial charge in [-0.25, -0.2) is 0 Å². The van der Waals surface area contributed by atoms with E-state index in [1.165, 1.54) is 0 Å². The van der Waals surface area contributed by atoms with Crippen molar-refractivity contribution in [2.75, 3.05) is 18.5 Å². The number of nitrogens with one attached hydrogen (secondary N) is 2. The first kappa shape index (κ1) is 22.1. The predicted octanol–water partition coefficient (Wildman–Crippen LogP) is 4.95. The van der Waals surface area contributed by atoms with Crippen LogP contribution in [0.5, 0.6) is 11.5 Å². The zero-order valence-electron chi connectivity index (χ0n) is 17.2. The summed E-state index contributed by atoms with van der Waals surface area (Å²) < 4.78 is 11.4. The van der Waals surface area contributed by atoms with E-state index >= 15 is 0 Å². The largest absolute Gasteiger partial charge is 0.490 e. The molecule has 0 aliphatic rings. The third kappa shape index (κ3) is 7.06. The van der Waals surface area contributed by atoms with Crippen LogP contribution < -0.4 is 20.1 Å². The number of anilines is 1. The Kier molecular flexibility index (Phi) is 7.72. The Bertz CT molecular complexity index is 799. The molecule has 0 spiro atoms. The number of aryl methyl sites for hydroxylation is 1. The Labute approximate surface area is 172 Å². The van der Waals surface area contributed by atoms with Crippen LogP contribution in [-0.2, 0) is 11.3 Å². The van der Waals surface area contributed by atoms with Gasteiger partial charge in [0.05, 0.1) is 6.61 Å². The smallest absolute Gasteiger partial charge is 0.262 e. The van der Waals surface area contributed by atoms with E-state index in [1.807, 2.05) is 44.2 Å². The van der Waals surface area contributed by atoms with Gasteiger partial charge in [0.15, 0.2) is 18.1 Å². The van der Waals surface area contributed by atoms with Crippen molar-refractivity contribution in [2.45, 2.75) is 46.7 Å². The molecule has 0 aliphatic carbocycles. The Morgan fingerprint density at radius 2 is 1.71 bits per heavy atom. The number of hydrogen-bond acceptors (Lipinski definition) is 4. The fourth-order valence-electron chi connectivity index (χ4n) is 2.43. The van der Waals surface area contributed by atoms with E-state index in [9.17, 15) is 4.79 Å². The van der Waals surface area contributed by atoms with Crippen molar-refractivity contribution in [3.05, 3.63) is 52.5 Å². The van der Waals surface area contributed by atoms with Gasteiger partial charge in [-0.2, -0.15) is 0 Å². The Balaban J connectivity index is 2.05. The first-order valence-corrected chi connectivity index (χ1v) is 9.75. The molecule has 0 heterocycles. The van der Waals surface area contributed by atoms with Crippen molar-refractivity contribution in [2.24, 2.45) is 0 Å². The topological polar surface area (TPSA) is 59.6 Å². The summed E-state index contributed by atoms with van der Waals surface area (Å²) in [7, 11) is 0. The van der Waals surface area contributed by atoms with Gasteiger partial charge in [-0.15, -0.1) is 0 Å². The quantitative estimate of drug-likeness (QED) is 0.653. The van der Waals surface area contributed by atoms with E-state index < -0.39 is 0 Å². The lowest BCUT2D eigenvalue weighted by molar-refractivity contribution is -0.118. The third-order valence-electron chi connectivity index (χ3n) is 3.92. The van der Waals surface area contributed by atoms with Crippen LogP contribution in [0.1, 0.15) is 38.8 Å². The van der Waals surface area contributed by atoms with Gasteiger partial charge < -0.3 is 20.1 Å². The molecule has 152 valence electrons. The van der Waals surface area contributed by atoms with Crippen LogP contribution in [0.15, 0.2) is 36.4 Å². The zero-order chi connectivity index (χ0) is 20.7. The highest BCUT2D eigenvalue weighted by atomic mass is 35.5. The van der Waals surface area contributed by atoms with Gasteiger partial charge in [0, 0.05) is 28.9 Å². The number of halogens is 1. The molecule has 0 unspecified atom stereocenters. The van der Waals surface area contributed by atoms with Crippen LogP contribution in [0, 0.1) is 6.92 Å². The molecule has 0 aromatic heterocycles. The van der Waals surface area contributed by atoms with Gasteiger partial charge in [-0.3, -0.25) is 4.79 Å². The SMILES string of the molecule is CCOc1cc(CNC(C)(C)C)c(Cl)cc1OCC(=O)Nc1ccc(C)cc1. The minimum absolute atomic E-state index is 0.0294. The summed E-state index contributed by atoms with van der Waals surface area (Å²) in [6.07, 6.45) is 0. The van der Waals surface area contributed by atoms with Crippen molar-refractivity contribution in [1.82, 2.24) is 5.32 Å². The highest BCUT2D eigenvalue weighted by Crippen LogP contribution is 2.34. The van der Waals surface area contributed by atoms with Gasteiger partial charge in [0.2, 0.25) is 0 Å². The maximum Gasteiger partial charge on any atom is 0.262 e. The second kappa shape index (κ2) is 9.80. The highest BCUT2D eigenvalue weighted by molar-refractivity contribution is 6.31. The second-order valence-corrected chi connectivity index (χ2v) is 8.04. The van der Waals surface area contributed by atoms with Crippen molar-refractivity contribution >= 4 is 23.2 Å². The van der Waals surface area contributed by atoms with Gasteiger partial charge in [-0.1, -0.05) is 29.3 Å². The number of benzene rings is 2. The molecule has 28 heavy (non-hydrogen) atoms. The van der Waals surface area contributed by atoms with E-state index in [0.29, 0.717) is 29.7 Å². The van der Waals surface area contributed by atoms with E-state index in [0.717, 1.165) is 16.8 Å². The molecule has 0 saturated carbocycles. The maximum atomic E-state index is 12.2. The Hall–Kier alpha value is -2.24. The summed E-state index contributed by atoms with van der Waals surface area (Å²) in [6.45, 7) is 11.1. The lowest BCUT2D eigenvalue weighted by Crippen LogP contribution is -2.35. The minimum atomic E-state index is -0.249. The molecule has 0 saturated heterocycles. The summed E-state index contributed by atoms with van der Waals surface area (Å²) in [5.41, 5.74) is 2.74. The summed E-state index contributed by atoms with van der Waals surface area (Å²) in [4.78, 5) is 12.2. The fourth-order valence-corrected chi connectivity index (χ4v) is 2.65. The Morgan fingerprint density at radius 3 is 2.32 bits per heavy atom.